The fourth-order valence-corrected chi connectivity index (χ4v) is 5.30. The summed E-state index contributed by atoms with van der Waals surface area (Å²) in [6, 6.07) is 2.84. The molecule has 2 aliphatic rings. The van der Waals surface area contributed by atoms with Crippen LogP contribution in [0.4, 0.5) is 4.39 Å². The lowest BCUT2D eigenvalue weighted by Crippen LogP contribution is -2.45. The van der Waals surface area contributed by atoms with E-state index in [0.717, 1.165) is 25.8 Å². The second kappa shape index (κ2) is 8.80. The summed E-state index contributed by atoms with van der Waals surface area (Å²) in [4.78, 5) is 27.9. The fourth-order valence-electron chi connectivity index (χ4n) is 5.30. The topological polar surface area (TPSA) is 118 Å². The van der Waals surface area contributed by atoms with Crippen LogP contribution in [0.5, 0.6) is 5.75 Å². The van der Waals surface area contributed by atoms with Gasteiger partial charge in [0.25, 0.3) is 5.56 Å². The number of methoxy groups -OCH3 is 1. The molecule has 0 spiro atoms. The Bertz CT molecular complexity index is 1220. The molecule has 1 aromatic heterocycles. The molecule has 33 heavy (non-hydrogen) atoms. The monoisotopic (exact) mass is 458 g/mol. The number of aromatic nitrogens is 2. The Hall–Kier alpha value is -2.90. The second-order valence-electron chi connectivity index (χ2n) is 9.28. The SMILES string of the molecule is CCN(CCC#N)C(c1c(F)cc2c(=O)n(N)c(=O)n(C3CC3)c2c1OC)C1(C)CCNC1. The van der Waals surface area contributed by atoms with Gasteiger partial charge >= 0.3 is 5.69 Å². The smallest absolute Gasteiger partial charge is 0.350 e. The van der Waals surface area contributed by atoms with E-state index in [9.17, 15) is 14.9 Å². The van der Waals surface area contributed by atoms with Gasteiger partial charge in [-0.2, -0.15) is 9.94 Å². The van der Waals surface area contributed by atoms with Crippen LogP contribution < -0.4 is 27.1 Å². The van der Waals surface area contributed by atoms with Crippen molar-refractivity contribution in [3.63, 3.8) is 0 Å². The minimum atomic E-state index is -0.752. The predicted molar refractivity (Wildman–Crippen MR) is 123 cm³/mol. The molecular formula is C23H31FN6O3. The van der Waals surface area contributed by atoms with Gasteiger partial charge < -0.3 is 15.9 Å². The highest BCUT2D eigenvalue weighted by molar-refractivity contribution is 5.86. The van der Waals surface area contributed by atoms with Crippen molar-refractivity contribution in [2.75, 3.05) is 39.1 Å². The summed E-state index contributed by atoms with van der Waals surface area (Å²) in [5, 5.41) is 12.6. The lowest BCUT2D eigenvalue weighted by Gasteiger charge is -2.42. The maximum atomic E-state index is 16.0. The second-order valence-corrected chi connectivity index (χ2v) is 9.28. The first-order valence-electron chi connectivity index (χ1n) is 11.4. The first kappa shape index (κ1) is 23.3. The lowest BCUT2D eigenvalue weighted by atomic mass is 9.76. The molecule has 1 aliphatic heterocycles. The van der Waals surface area contributed by atoms with E-state index in [-0.39, 0.29) is 22.6 Å². The highest BCUT2D eigenvalue weighted by Crippen LogP contribution is 2.49. The number of nitrogen functional groups attached to an aromatic ring is 1. The molecular weight excluding hydrogens is 427 g/mol. The number of nitrogens with two attached hydrogens (primary N) is 1. The molecule has 2 fully saturated rings. The van der Waals surface area contributed by atoms with E-state index < -0.39 is 23.1 Å². The Morgan fingerprint density at radius 2 is 2.18 bits per heavy atom. The Balaban J connectivity index is 2.08. The minimum Gasteiger partial charge on any atom is -0.494 e. The predicted octanol–water partition coefficient (Wildman–Crippen LogP) is 1.64. The average Bonchev–Trinajstić information content (AvgIpc) is 3.54. The molecule has 2 unspecified atom stereocenters. The van der Waals surface area contributed by atoms with Crippen LogP contribution in [0.1, 0.15) is 57.2 Å². The van der Waals surface area contributed by atoms with Crippen molar-refractivity contribution < 1.29 is 9.13 Å². The first-order chi connectivity index (χ1) is 15.8. The van der Waals surface area contributed by atoms with Gasteiger partial charge in [0.15, 0.2) is 5.75 Å². The maximum absolute atomic E-state index is 16.0. The van der Waals surface area contributed by atoms with Gasteiger partial charge in [-0.05, 0) is 38.4 Å². The number of fused-ring (bicyclic) bond motifs is 1. The highest BCUT2D eigenvalue weighted by Gasteiger charge is 2.44. The molecule has 1 aliphatic carbocycles. The van der Waals surface area contributed by atoms with Gasteiger partial charge in [0, 0.05) is 42.6 Å². The summed E-state index contributed by atoms with van der Waals surface area (Å²) in [6.45, 7) is 6.61. The van der Waals surface area contributed by atoms with Gasteiger partial charge in [-0.3, -0.25) is 14.3 Å². The number of nitrogens with zero attached hydrogens (tertiary/aromatic N) is 4. The van der Waals surface area contributed by atoms with Crippen LogP contribution in [0.25, 0.3) is 10.9 Å². The van der Waals surface area contributed by atoms with E-state index in [1.54, 1.807) is 0 Å². The summed E-state index contributed by atoms with van der Waals surface area (Å²) >= 11 is 0. The molecule has 1 aromatic carbocycles. The molecule has 2 aromatic rings. The molecule has 2 heterocycles. The minimum absolute atomic E-state index is 0.0237. The van der Waals surface area contributed by atoms with Crippen molar-refractivity contribution in [2.45, 2.75) is 51.6 Å². The van der Waals surface area contributed by atoms with E-state index >= 15 is 4.39 Å². The number of hydrogen-bond donors (Lipinski definition) is 2. The quantitative estimate of drug-likeness (QED) is 0.577. The van der Waals surface area contributed by atoms with Gasteiger partial charge in [0.2, 0.25) is 0 Å². The van der Waals surface area contributed by atoms with Crippen molar-refractivity contribution in [1.29, 1.82) is 5.26 Å². The highest BCUT2D eigenvalue weighted by atomic mass is 19.1. The zero-order chi connectivity index (χ0) is 23.9. The van der Waals surface area contributed by atoms with Crippen molar-refractivity contribution in [1.82, 2.24) is 19.5 Å². The van der Waals surface area contributed by atoms with Crippen LogP contribution in [0, 0.1) is 22.6 Å². The average molecular weight is 459 g/mol. The molecule has 0 bridgehead atoms. The van der Waals surface area contributed by atoms with Crippen LogP contribution in [0.3, 0.4) is 0 Å². The van der Waals surface area contributed by atoms with Crippen LogP contribution in [-0.2, 0) is 0 Å². The molecule has 1 saturated carbocycles. The van der Waals surface area contributed by atoms with Crippen molar-refractivity contribution in [3.05, 3.63) is 38.3 Å². The Kier molecular flexibility index (Phi) is 6.20. The molecule has 4 rings (SSSR count). The number of nitriles is 1. The number of nitrogens with one attached hydrogen (secondary N) is 1. The van der Waals surface area contributed by atoms with Gasteiger partial charge in [0.1, 0.15) is 11.3 Å². The largest absolute Gasteiger partial charge is 0.494 e. The van der Waals surface area contributed by atoms with E-state index in [0.29, 0.717) is 41.8 Å². The van der Waals surface area contributed by atoms with E-state index in [1.807, 2.05) is 6.92 Å². The summed E-state index contributed by atoms with van der Waals surface area (Å²) in [7, 11) is 1.44. The normalized spacial score (nSPS) is 21.5. The maximum Gasteiger partial charge on any atom is 0.350 e. The van der Waals surface area contributed by atoms with Crippen LogP contribution in [-0.4, -0.2) is 47.4 Å². The summed E-state index contributed by atoms with van der Waals surface area (Å²) in [6.07, 6.45) is 2.66. The third-order valence-electron chi connectivity index (χ3n) is 7.08. The summed E-state index contributed by atoms with van der Waals surface area (Å²) in [5.74, 6) is 5.38. The molecule has 10 heteroatoms. The number of hydrogen-bond acceptors (Lipinski definition) is 7. The molecule has 9 nitrogen and oxygen atoms in total. The van der Waals surface area contributed by atoms with E-state index in [1.165, 1.54) is 17.7 Å². The van der Waals surface area contributed by atoms with Gasteiger partial charge in [-0.15, -0.1) is 0 Å². The van der Waals surface area contributed by atoms with E-state index in [2.05, 4.69) is 23.2 Å². The fraction of sp³-hybridized carbons (Fsp3) is 0.609. The molecule has 0 radical (unpaired) electrons. The van der Waals surface area contributed by atoms with Gasteiger partial charge in [0.05, 0.1) is 18.6 Å². The molecule has 0 amide bonds. The van der Waals surface area contributed by atoms with Crippen molar-refractivity contribution >= 4 is 10.9 Å². The Morgan fingerprint density at radius 1 is 1.45 bits per heavy atom. The van der Waals surface area contributed by atoms with Crippen LogP contribution in [0.15, 0.2) is 15.7 Å². The molecule has 2 atom stereocenters. The van der Waals surface area contributed by atoms with Crippen LogP contribution >= 0.6 is 0 Å². The molecule has 3 N–H and O–H groups in total. The number of rotatable bonds is 8. The Morgan fingerprint density at radius 3 is 2.73 bits per heavy atom. The number of ether oxygens (including phenoxy) is 1. The number of halogens is 1. The van der Waals surface area contributed by atoms with Crippen LogP contribution in [0.2, 0.25) is 0 Å². The third-order valence-corrected chi connectivity index (χ3v) is 7.08. The number of benzene rings is 1. The first-order valence-corrected chi connectivity index (χ1v) is 11.4. The van der Waals surface area contributed by atoms with Crippen molar-refractivity contribution in [3.8, 4) is 11.8 Å². The standard InChI is InChI=1S/C23H31FN6O3/c1-4-28(11-5-9-25)20(23(2)8-10-27-13-23)17-16(24)12-15-18(19(17)33-3)29(14-6-7-14)22(32)30(26)21(15)31/h12,14,20,27H,4-8,10-11,13,26H2,1-3H3. The third kappa shape index (κ3) is 3.79. The summed E-state index contributed by atoms with van der Waals surface area (Å²) < 4.78 is 23.8. The zero-order valence-electron chi connectivity index (χ0n) is 19.4. The van der Waals surface area contributed by atoms with Crippen molar-refractivity contribution in [2.24, 2.45) is 5.41 Å². The zero-order valence-corrected chi connectivity index (χ0v) is 19.4. The Labute approximate surface area is 191 Å². The van der Waals surface area contributed by atoms with E-state index in [4.69, 9.17) is 10.6 Å². The lowest BCUT2D eigenvalue weighted by molar-refractivity contribution is 0.0882. The van der Waals surface area contributed by atoms with Gasteiger partial charge in [-0.25, -0.2) is 9.18 Å². The summed E-state index contributed by atoms with van der Waals surface area (Å²) in [5.41, 5.74) is -1.12. The van der Waals surface area contributed by atoms with Gasteiger partial charge in [-0.1, -0.05) is 13.8 Å². The molecule has 178 valence electrons. The molecule has 1 saturated heterocycles.